The van der Waals surface area contributed by atoms with Crippen molar-refractivity contribution in [2.75, 3.05) is 31.6 Å². The lowest BCUT2D eigenvalue weighted by atomic mass is 10.3. The summed E-state index contributed by atoms with van der Waals surface area (Å²) >= 11 is 0. The Morgan fingerprint density at radius 1 is 1.00 bits per heavy atom. The zero-order chi connectivity index (χ0) is 23.1. The lowest BCUT2D eigenvalue weighted by Gasteiger charge is -2.14. The first-order chi connectivity index (χ1) is 15.4. The largest absolute Gasteiger partial charge is 0.494 e. The molecule has 0 saturated heterocycles. The summed E-state index contributed by atoms with van der Waals surface area (Å²) in [6.45, 7) is 8.79. The number of sulfonamides is 1. The molecule has 3 aromatic rings. The molecule has 0 bridgehead atoms. The van der Waals surface area contributed by atoms with Gasteiger partial charge in [-0.05, 0) is 39.8 Å². The molecule has 11 heteroatoms. The molecule has 32 heavy (non-hydrogen) atoms. The summed E-state index contributed by atoms with van der Waals surface area (Å²) in [6.07, 6.45) is 3.15. The third-order valence-electron chi connectivity index (χ3n) is 4.69. The minimum atomic E-state index is -3.80. The molecule has 0 unspecified atom stereocenters. The average Bonchev–Trinajstić information content (AvgIpc) is 3.11. The Morgan fingerprint density at radius 3 is 2.47 bits per heavy atom. The molecule has 0 amide bonds. The maximum atomic E-state index is 12.9. The lowest BCUT2D eigenvalue weighted by molar-refractivity contribution is 0.322. The highest BCUT2D eigenvalue weighted by molar-refractivity contribution is 7.89. The Balaban J connectivity index is 1.65. The van der Waals surface area contributed by atoms with Gasteiger partial charge in [0.25, 0.3) is 0 Å². The van der Waals surface area contributed by atoms with Gasteiger partial charge in [-0.3, -0.25) is 4.57 Å². The molecule has 3 rings (SSSR count). The predicted molar refractivity (Wildman–Crippen MR) is 121 cm³/mol. The highest BCUT2D eigenvalue weighted by Crippen LogP contribution is 2.28. The van der Waals surface area contributed by atoms with Crippen LogP contribution in [0, 0.1) is 13.8 Å². The number of rotatable bonds is 11. The summed E-state index contributed by atoms with van der Waals surface area (Å²) in [6, 6.07) is 6.53. The van der Waals surface area contributed by atoms with Crippen molar-refractivity contribution in [2.45, 2.75) is 32.6 Å². The van der Waals surface area contributed by atoms with Crippen LogP contribution in [0.2, 0.25) is 0 Å². The smallest absolute Gasteiger partial charge is 0.244 e. The fourth-order valence-corrected chi connectivity index (χ4v) is 4.18. The molecule has 0 saturated carbocycles. The van der Waals surface area contributed by atoms with E-state index in [2.05, 4.69) is 25.0 Å². The molecule has 0 aliphatic heterocycles. The number of aromatic nitrogens is 4. The van der Waals surface area contributed by atoms with Crippen molar-refractivity contribution in [2.24, 2.45) is 0 Å². The van der Waals surface area contributed by atoms with Gasteiger partial charge in [0, 0.05) is 30.9 Å². The van der Waals surface area contributed by atoms with Crippen LogP contribution < -0.4 is 19.5 Å². The van der Waals surface area contributed by atoms with E-state index in [1.165, 1.54) is 12.4 Å². The summed E-state index contributed by atoms with van der Waals surface area (Å²) in [7, 11) is -3.80. The Hall–Kier alpha value is -3.18. The van der Waals surface area contributed by atoms with E-state index < -0.39 is 10.0 Å². The van der Waals surface area contributed by atoms with Crippen LogP contribution in [0.15, 0.2) is 41.8 Å². The number of benzene rings is 1. The van der Waals surface area contributed by atoms with Crippen molar-refractivity contribution in [1.29, 1.82) is 0 Å². The van der Waals surface area contributed by atoms with Crippen molar-refractivity contribution >= 4 is 15.8 Å². The zero-order valence-electron chi connectivity index (χ0n) is 18.6. The second kappa shape index (κ2) is 10.4. The van der Waals surface area contributed by atoms with Gasteiger partial charge in [-0.2, -0.15) is 0 Å². The fraction of sp³-hybridized carbons (Fsp3) is 0.381. The van der Waals surface area contributed by atoms with Crippen LogP contribution in [0.25, 0.3) is 5.82 Å². The van der Waals surface area contributed by atoms with E-state index in [9.17, 15) is 8.42 Å². The highest BCUT2D eigenvalue weighted by atomic mass is 32.2. The van der Waals surface area contributed by atoms with Gasteiger partial charge >= 0.3 is 0 Å². The molecule has 0 spiro atoms. The van der Waals surface area contributed by atoms with Gasteiger partial charge in [0.15, 0.2) is 0 Å². The minimum absolute atomic E-state index is 0.0422. The standard InChI is InChI=1S/C21H28N6O4S/c1-5-30-17-7-8-18(31-6-2)19(11-17)32(28,29)26-10-9-22-20-12-21(24-13-23-20)27-14-25-15(3)16(27)4/h7-8,11-14,26H,5-6,9-10H2,1-4H3,(H,22,23,24). The number of nitrogens with one attached hydrogen (secondary N) is 2. The van der Waals surface area contributed by atoms with E-state index >= 15 is 0 Å². The summed E-state index contributed by atoms with van der Waals surface area (Å²) in [5.41, 5.74) is 1.91. The summed E-state index contributed by atoms with van der Waals surface area (Å²) in [5, 5.41) is 3.11. The quantitative estimate of drug-likeness (QED) is 0.419. The molecule has 0 aliphatic carbocycles. The fourth-order valence-electron chi connectivity index (χ4n) is 2.99. The normalized spacial score (nSPS) is 11.4. The van der Waals surface area contributed by atoms with E-state index in [0.29, 0.717) is 37.1 Å². The van der Waals surface area contributed by atoms with Crippen LogP contribution in [-0.4, -0.2) is 54.2 Å². The molecule has 2 N–H and O–H groups in total. The number of nitrogens with zero attached hydrogens (tertiary/aromatic N) is 4. The van der Waals surface area contributed by atoms with Crippen LogP contribution in [0.5, 0.6) is 11.5 Å². The molecular weight excluding hydrogens is 432 g/mol. The number of anilines is 1. The molecule has 0 atom stereocenters. The predicted octanol–water partition coefficient (Wildman–Crippen LogP) is 2.47. The van der Waals surface area contributed by atoms with Crippen molar-refractivity contribution in [3.05, 3.63) is 48.3 Å². The monoisotopic (exact) mass is 460 g/mol. The SMILES string of the molecule is CCOc1ccc(OCC)c(S(=O)(=O)NCCNc2cc(-n3cnc(C)c3C)ncn2)c1. The van der Waals surface area contributed by atoms with Crippen molar-refractivity contribution < 1.29 is 17.9 Å². The van der Waals surface area contributed by atoms with Gasteiger partial charge in [-0.1, -0.05) is 0 Å². The Bertz CT molecular complexity index is 1160. The second-order valence-electron chi connectivity index (χ2n) is 6.85. The first kappa shape index (κ1) is 23.5. The molecule has 172 valence electrons. The Kier molecular flexibility index (Phi) is 7.65. The topological polar surface area (TPSA) is 120 Å². The van der Waals surface area contributed by atoms with Crippen molar-refractivity contribution in [3.63, 3.8) is 0 Å². The second-order valence-corrected chi connectivity index (χ2v) is 8.58. The molecular formula is C21H28N6O4S. The van der Waals surface area contributed by atoms with E-state index in [4.69, 9.17) is 9.47 Å². The zero-order valence-corrected chi connectivity index (χ0v) is 19.4. The third kappa shape index (κ3) is 5.54. The molecule has 0 aliphatic rings. The number of hydrogen-bond donors (Lipinski definition) is 2. The minimum Gasteiger partial charge on any atom is -0.494 e. The van der Waals surface area contributed by atoms with Gasteiger partial charge < -0.3 is 14.8 Å². The lowest BCUT2D eigenvalue weighted by Crippen LogP contribution is -2.29. The third-order valence-corrected chi connectivity index (χ3v) is 6.17. The molecule has 2 aromatic heterocycles. The van der Waals surface area contributed by atoms with E-state index in [0.717, 1.165) is 11.4 Å². The van der Waals surface area contributed by atoms with Gasteiger partial charge in [-0.25, -0.2) is 28.1 Å². The summed E-state index contributed by atoms with van der Waals surface area (Å²) in [4.78, 5) is 12.8. The van der Waals surface area contributed by atoms with E-state index in [1.807, 2.05) is 25.3 Å². The van der Waals surface area contributed by atoms with Crippen LogP contribution in [0.1, 0.15) is 25.2 Å². The van der Waals surface area contributed by atoms with E-state index in [-0.39, 0.29) is 17.2 Å². The van der Waals surface area contributed by atoms with Crippen molar-refractivity contribution in [1.82, 2.24) is 24.2 Å². The van der Waals surface area contributed by atoms with Gasteiger partial charge in [-0.15, -0.1) is 0 Å². The number of aryl methyl sites for hydroxylation is 1. The number of hydrogen-bond acceptors (Lipinski definition) is 8. The van der Waals surface area contributed by atoms with Crippen LogP contribution in [0.3, 0.4) is 0 Å². The Morgan fingerprint density at radius 2 is 1.78 bits per heavy atom. The summed E-state index contributed by atoms with van der Waals surface area (Å²) < 4.78 is 41.1. The molecule has 2 heterocycles. The maximum absolute atomic E-state index is 12.9. The molecule has 1 aromatic carbocycles. The number of ether oxygens (including phenoxy) is 2. The van der Waals surface area contributed by atoms with Crippen LogP contribution >= 0.6 is 0 Å². The average molecular weight is 461 g/mol. The number of imidazole rings is 1. The molecule has 10 nitrogen and oxygen atoms in total. The van der Waals surface area contributed by atoms with E-state index in [1.54, 1.807) is 31.5 Å². The van der Waals surface area contributed by atoms with Gasteiger partial charge in [0.1, 0.15) is 40.7 Å². The van der Waals surface area contributed by atoms with Crippen LogP contribution in [-0.2, 0) is 10.0 Å². The first-order valence-corrected chi connectivity index (χ1v) is 11.8. The molecule has 0 radical (unpaired) electrons. The highest BCUT2D eigenvalue weighted by Gasteiger charge is 2.20. The molecule has 0 fully saturated rings. The van der Waals surface area contributed by atoms with Crippen molar-refractivity contribution in [3.8, 4) is 17.3 Å². The maximum Gasteiger partial charge on any atom is 0.244 e. The summed E-state index contributed by atoms with van der Waals surface area (Å²) in [5.74, 6) is 2.00. The first-order valence-electron chi connectivity index (χ1n) is 10.3. The Labute approximate surface area is 188 Å². The van der Waals surface area contributed by atoms with Crippen LogP contribution in [0.4, 0.5) is 5.82 Å². The van der Waals surface area contributed by atoms with Gasteiger partial charge in [0.2, 0.25) is 10.0 Å². The van der Waals surface area contributed by atoms with Gasteiger partial charge in [0.05, 0.1) is 18.9 Å².